The van der Waals surface area contributed by atoms with Crippen LogP contribution in [0.3, 0.4) is 0 Å². The minimum atomic E-state index is -0.823. The van der Waals surface area contributed by atoms with Crippen LogP contribution in [0.4, 0.5) is 0 Å². The van der Waals surface area contributed by atoms with Gasteiger partial charge in [0.05, 0.1) is 0 Å². The summed E-state index contributed by atoms with van der Waals surface area (Å²) in [4.78, 5) is 38.1. The van der Waals surface area contributed by atoms with Crippen LogP contribution < -0.4 is 0 Å². The van der Waals surface area contributed by atoms with E-state index in [4.69, 9.17) is 14.2 Å². The van der Waals surface area contributed by atoms with E-state index in [9.17, 15) is 14.4 Å². The molecule has 0 rings (SSSR count). The molecule has 0 unspecified atom stereocenters. The number of allylic oxidation sites excluding steroid dienone is 22. The summed E-state index contributed by atoms with van der Waals surface area (Å²) in [7, 11) is 0. The van der Waals surface area contributed by atoms with Gasteiger partial charge in [0.1, 0.15) is 13.2 Å². The largest absolute Gasteiger partial charge is 0.462 e. The van der Waals surface area contributed by atoms with Crippen molar-refractivity contribution in [1.82, 2.24) is 0 Å². The summed E-state index contributed by atoms with van der Waals surface area (Å²) < 4.78 is 16.8. The zero-order valence-corrected chi connectivity index (χ0v) is 44.3. The molecule has 0 aliphatic heterocycles. The van der Waals surface area contributed by atoms with Crippen LogP contribution in [0, 0.1) is 0 Å². The maximum atomic E-state index is 12.8. The van der Waals surface area contributed by atoms with Crippen LogP contribution in [0.5, 0.6) is 0 Å². The highest BCUT2D eigenvalue weighted by atomic mass is 16.6. The molecule has 0 spiro atoms. The van der Waals surface area contributed by atoms with E-state index in [0.29, 0.717) is 12.8 Å². The lowest BCUT2D eigenvalue weighted by Gasteiger charge is -2.18. The molecule has 0 saturated carbocycles. The average molecular weight is 953 g/mol. The molecule has 0 amide bonds. The second kappa shape index (κ2) is 56.1. The van der Waals surface area contributed by atoms with Gasteiger partial charge in [-0.15, -0.1) is 0 Å². The van der Waals surface area contributed by atoms with Gasteiger partial charge in [-0.05, 0) is 128 Å². The SMILES string of the molecule is CC/C=C\C/C=C\C/C=C\C/C=C\C/C=C\CCCC(=O)OC[C@H](COC(=O)CCCCCCCCC/C=C\C/C=C\CCCCC)OC(=O)CCCCCC/C=C\C/C=C\C/C=C\C/C=C\CC. The van der Waals surface area contributed by atoms with Gasteiger partial charge in [0.2, 0.25) is 0 Å². The molecule has 0 saturated heterocycles. The van der Waals surface area contributed by atoms with Crippen molar-refractivity contribution in [2.24, 2.45) is 0 Å². The molecule has 0 aromatic carbocycles. The minimum Gasteiger partial charge on any atom is -0.462 e. The topological polar surface area (TPSA) is 78.9 Å². The summed E-state index contributed by atoms with van der Waals surface area (Å²) in [5.74, 6) is -1.01. The Morgan fingerprint density at radius 1 is 0.304 bits per heavy atom. The smallest absolute Gasteiger partial charge is 0.306 e. The van der Waals surface area contributed by atoms with Crippen LogP contribution in [0.2, 0.25) is 0 Å². The highest BCUT2D eigenvalue weighted by molar-refractivity contribution is 5.71. The van der Waals surface area contributed by atoms with E-state index in [0.717, 1.165) is 128 Å². The van der Waals surface area contributed by atoms with Gasteiger partial charge >= 0.3 is 17.9 Å². The molecule has 388 valence electrons. The Labute approximate surface area is 424 Å². The van der Waals surface area contributed by atoms with Crippen molar-refractivity contribution in [2.45, 2.75) is 232 Å². The predicted octanol–water partition coefficient (Wildman–Crippen LogP) is 18.6. The van der Waals surface area contributed by atoms with Crippen LogP contribution in [0.1, 0.15) is 226 Å². The van der Waals surface area contributed by atoms with E-state index in [1.165, 1.54) is 51.4 Å². The Balaban J connectivity index is 4.56. The maximum absolute atomic E-state index is 12.8. The Hall–Kier alpha value is -4.45. The Morgan fingerprint density at radius 3 is 0.942 bits per heavy atom. The second-order valence-electron chi connectivity index (χ2n) is 17.7. The van der Waals surface area contributed by atoms with Crippen LogP contribution in [0.15, 0.2) is 134 Å². The van der Waals surface area contributed by atoms with E-state index in [2.05, 4.69) is 154 Å². The predicted molar refractivity (Wildman–Crippen MR) is 297 cm³/mol. The number of unbranched alkanes of at least 4 members (excludes halogenated alkanes) is 15. The monoisotopic (exact) mass is 953 g/mol. The van der Waals surface area contributed by atoms with E-state index < -0.39 is 6.10 Å². The first-order valence-electron chi connectivity index (χ1n) is 27.7. The van der Waals surface area contributed by atoms with E-state index in [1.54, 1.807) is 0 Å². The third-order valence-electron chi connectivity index (χ3n) is 11.1. The van der Waals surface area contributed by atoms with Gasteiger partial charge in [0, 0.05) is 19.3 Å². The number of hydrogen-bond donors (Lipinski definition) is 0. The summed E-state index contributed by atoms with van der Waals surface area (Å²) in [5.41, 5.74) is 0. The normalized spacial score (nSPS) is 13.1. The Morgan fingerprint density at radius 2 is 0.580 bits per heavy atom. The van der Waals surface area contributed by atoms with Crippen LogP contribution in [-0.4, -0.2) is 37.2 Å². The van der Waals surface area contributed by atoms with Crippen molar-refractivity contribution >= 4 is 17.9 Å². The molecular formula is C63H100O6. The third kappa shape index (κ3) is 54.4. The molecular weight excluding hydrogens is 853 g/mol. The molecule has 0 heterocycles. The lowest BCUT2D eigenvalue weighted by Crippen LogP contribution is -2.30. The highest BCUT2D eigenvalue weighted by Gasteiger charge is 2.19. The number of esters is 3. The van der Waals surface area contributed by atoms with Crippen molar-refractivity contribution in [1.29, 1.82) is 0 Å². The maximum Gasteiger partial charge on any atom is 0.306 e. The van der Waals surface area contributed by atoms with Crippen LogP contribution in [0.25, 0.3) is 0 Å². The van der Waals surface area contributed by atoms with Crippen molar-refractivity contribution in [2.75, 3.05) is 13.2 Å². The minimum absolute atomic E-state index is 0.115. The molecule has 0 N–H and O–H groups in total. The Bertz CT molecular complexity index is 1510. The molecule has 0 aliphatic rings. The summed E-state index contributed by atoms with van der Waals surface area (Å²) >= 11 is 0. The lowest BCUT2D eigenvalue weighted by molar-refractivity contribution is -0.167. The molecule has 1 atom stereocenters. The van der Waals surface area contributed by atoms with Gasteiger partial charge in [-0.1, -0.05) is 212 Å². The van der Waals surface area contributed by atoms with Gasteiger partial charge in [0.15, 0.2) is 6.10 Å². The number of hydrogen-bond acceptors (Lipinski definition) is 6. The summed E-state index contributed by atoms with van der Waals surface area (Å²) in [6, 6.07) is 0. The number of rotatable bonds is 48. The zero-order valence-electron chi connectivity index (χ0n) is 44.3. The van der Waals surface area contributed by atoms with E-state index in [-0.39, 0.29) is 44.0 Å². The van der Waals surface area contributed by atoms with E-state index >= 15 is 0 Å². The van der Waals surface area contributed by atoms with Gasteiger partial charge in [-0.25, -0.2) is 0 Å². The first kappa shape index (κ1) is 64.5. The van der Waals surface area contributed by atoms with Crippen molar-refractivity contribution in [3.05, 3.63) is 134 Å². The van der Waals surface area contributed by atoms with Crippen molar-refractivity contribution < 1.29 is 28.6 Å². The van der Waals surface area contributed by atoms with Crippen LogP contribution >= 0.6 is 0 Å². The quantitative estimate of drug-likeness (QED) is 0.0262. The van der Waals surface area contributed by atoms with Gasteiger partial charge < -0.3 is 14.2 Å². The van der Waals surface area contributed by atoms with Gasteiger partial charge in [-0.2, -0.15) is 0 Å². The number of carbonyl (C=O) groups excluding carboxylic acids is 3. The second-order valence-corrected chi connectivity index (χ2v) is 17.7. The molecule has 6 nitrogen and oxygen atoms in total. The number of carbonyl (C=O) groups is 3. The van der Waals surface area contributed by atoms with Crippen LogP contribution in [-0.2, 0) is 28.6 Å². The summed E-state index contributed by atoms with van der Waals surface area (Å²) in [6.07, 6.45) is 78.7. The third-order valence-corrected chi connectivity index (χ3v) is 11.1. The van der Waals surface area contributed by atoms with Crippen molar-refractivity contribution in [3.8, 4) is 0 Å². The molecule has 0 bridgehead atoms. The fourth-order valence-corrected chi connectivity index (χ4v) is 7.03. The van der Waals surface area contributed by atoms with Crippen molar-refractivity contribution in [3.63, 3.8) is 0 Å². The first-order valence-corrected chi connectivity index (χ1v) is 27.7. The Kier molecular flexibility index (Phi) is 52.5. The molecule has 0 fully saturated rings. The standard InChI is InChI=1S/C63H100O6/c1-4-7-10-13-16-19-22-25-28-31-34-37-40-43-46-49-52-55-61(64)67-58-60(69-63(66)57-54-51-48-45-42-39-36-33-30-27-24-21-18-15-12-9-6-3)59-68-62(65)56-53-50-47-44-41-38-35-32-29-26-23-20-17-14-11-8-5-2/h7,9-10,12,16-21,25-30,34,36-37,39,43,46,60H,4-6,8,11,13-15,22-24,31-33,35,38,40-42,44-45,47-59H2,1-3H3/b10-7-,12-9-,19-16-,20-17-,21-18-,28-25-,29-26-,30-27-,37-34-,39-36-,46-43-/t60-/m1/s1. The zero-order chi connectivity index (χ0) is 50.0. The van der Waals surface area contributed by atoms with Gasteiger partial charge in [-0.3, -0.25) is 14.4 Å². The molecule has 0 aromatic heterocycles. The number of ether oxygens (including phenoxy) is 3. The summed E-state index contributed by atoms with van der Waals surface area (Å²) in [6.45, 7) is 6.30. The first-order chi connectivity index (χ1) is 34.0. The fraction of sp³-hybridized carbons (Fsp3) is 0.603. The van der Waals surface area contributed by atoms with E-state index in [1.807, 2.05) is 0 Å². The molecule has 0 aliphatic carbocycles. The lowest BCUT2D eigenvalue weighted by atomic mass is 10.1. The van der Waals surface area contributed by atoms with Gasteiger partial charge in [0.25, 0.3) is 0 Å². The molecule has 6 heteroatoms. The molecule has 69 heavy (non-hydrogen) atoms. The highest BCUT2D eigenvalue weighted by Crippen LogP contribution is 2.13. The fourth-order valence-electron chi connectivity index (χ4n) is 7.03. The average Bonchev–Trinajstić information content (AvgIpc) is 3.35. The molecule has 0 aromatic rings. The summed E-state index contributed by atoms with van der Waals surface area (Å²) in [5, 5.41) is 0. The molecule has 0 radical (unpaired) electrons.